The first-order valence-corrected chi connectivity index (χ1v) is 10.2. The summed E-state index contributed by atoms with van der Waals surface area (Å²) in [4.78, 5) is 40.8. The minimum atomic E-state index is -1.00. The third-order valence-electron chi connectivity index (χ3n) is 7.31. The van der Waals surface area contributed by atoms with Crippen molar-refractivity contribution >= 4 is 17.8 Å². The van der Waals surface area contributed by atoms with Crippen LogP contribution in [0.5, 0.6) is 0 Å². The number of hydrogen-bond acceptors (Lipinski definition) is 3. The van der Waals surface area contributed by atoms with Gasteiger partial charge in [-0.1, -0.05) is 0 Å². The molecule has 6 nitrogen and oxygen atoms in total. The van der Waals surface area contributed by atoms with Gasteiger partial charge in [0, 0.05) is 13.1 Å². The molecule has 1 N–H and O–H groups in total. The average Bonchev–Trinajstić information content (AvgIpc) is 3.06. The van der Waals surface area contributed by atoms with E-state index in [0.717, 1.165) is 25.7 Å². The zero-order chi connectivity index (χ0) is 18.5. The van der Waals surface area contributed by atoms with Crippen molar-refractivity contribution in [1.29, 1.82) is 0 Å². The van der Waals surface area contributed by atoms with Gasteiger partial charge in [-0.25, -0.2) is 0 Å². The number of aliphatic carboxylic acids is 1. The third-order valence-corrected chi connectivity index (χ3v) is 7.31. The molecule has 4 aliphatic carbocycles. The Bertz CT molecular complexity index is 582. The topological polar surface area (TPSA) is 77.9 Å². The van der Waals surface area contributed by atoms with Crippen molar-refractivity contribution in [3.63, 3.8) is 0 Å². The number of likely N-dealkylation sites (N-methyl/N-ethyl adjacent to an activating group) is 1. The molecule has 0 aromatic heterocycles. The molecular formula is C20H30N2O4. The second-order valence-corrected chi connectivity index (χ2v) is 9.10. The van der Waals surface area contributed by atoms with Crippen LogP contribution in [0.1, 0.15) is 58.3 Å². The maximum Gasteiger partial charge on any atom is 0.323 e. The number of carbonyl (C=O) groups excluding carboxylic acids is 2. The molecule has 1 aliphatic heterocycles. The molecule has 5 aliphatic rings. The van der Waals surface area contributed by atoms with Crippen LogP contribution in [0.4, 0.5) is 0 Å². The van der Waals surface area contributed by atoms with Gasteiger partial charge in [-0.05, 0) is 76.0 Å². The van der Waals surface area contributed by atoms with Gasteiger partial charge in [-0.15, -0.1) is 0 Å². The van der Waals surface area contributed by atoms with Crippen LogP contribution in [-0.2, 0) is 14.4 Å². The fraction of sp³-hybridized carbons (Fsp3) is 0.850. The Kier molecular flexibility index (Phi) is 4.48. The Morgan fingerprint density at radius 2 is 1.65 bits per heavy atom. The lowest BCUT2D eigenvalue weighted by Gasteiger charge is -2.56. The molecule has 5 rings (SSSR count). The Balaban J connectivity index is 1.52. The molecule has 4 bridgehead atoms. The highest BCUT2D eigenvalue weighted by molar-refractivity contribution is 5.92. The van der Waals surface area contributed by atoms with E-state index in [1.165, 1.54) is 24.2 Å². The summed E-state index contributed by atoms with van der Waals surface area (Å²) >= 11 is 0. The largest absolute Gasteiger partial charge is 0.480 e. The fourth-order valence-corrected chi connectivity index (χ4v) is 6.66. The van der Waals surface area contributed by atoms with Gasteiger partial charge in [0.2, 0.25) is 11.8 Å². The molecule has 1 heterocycles. The van der Waals surface area contributed by atoms with Crippen molar-refractivity contribution in [3.8, 4) is 0 Å². The second kappa shape index (κ2) is 6.54. The molecule has 6 heteroatoms. The van der Waals surface area contributed by atoms with Crippen molar-refractivity contribution in [2.45, 2.75) is 64.3 Å². The van der Waals surface area contributed by atoms with Crippen LogP contribution < -0.4 is 0 Å². The van der Waals surface area contributed by atoms with Gasteiger partial charge in [0.05, 0.1) is 5.41 Å². The molecule has 26 heavy (non-hydrogen) atoms. The van der Waals surface area contributed by atoms with Gasteiger partial charge in [0.15, 0.2) is 0 Å². The Hall–Kier alpha value is -1.59. The summed E-state index contributed by atoms with van der Waals surface area (Å²) in [5.74, 6) is 1.09. The van der Waals surface area contributed by atoms with Crippen molar-refractivity contribution in [1.82, 2.24) is 9.80 Å². The van der Waals surface area contributed by atoms with Crippen molar-refractivity contribution in [3.05, 3.63) is 0 Å². The highest BCUT2D eigenvalue weighted by Crippen LogP contribution is 2.60. The standard InChI is InChI=1S/C20H30N2O4/c1-2-21(12-17(23)24)18(25)16-4-3-5-22(16)19(26)20-9-13-6-14(10-20)8-15(7-13)11-20/h13-16H,2-12H2,1H3,(H,23,24). The molecule has 0 spiro atoms. The first kappa shape index (κ1) is 17.8. The van der Waals surface area contributed by atoms with Gasteiger partial charge in [0.1, 0.15) is 12.6 Å². The van der Waals surface area contributed by atoms with E-state index in [-0.39, 0.29) is 23.8 Å². The number of nitrogens with zero attached hydrogens (tertiary/aromatic N) is 2. The van der Waals surface area contributed by atoms with E-state index in [9.17, 15) is 14.4 Å². The number of amides is 2. The number of rotatable bonds is 5. The van der Waals surface area contributed by atoms with Crippen LogP contribution in [-0.4, -0.2) is 58.4 Å². The van der Waals surface area contributed by atoms with Crippen LogP contribution in [0.15, 0.2) is 0 Å². The predicted molar refractivity (Wildman–Crippen MR) is 95.2 cm³/mol. The van der Waals surface area contributed by atoms with Gasteiger partial charge < -0.3 is 14.9 Å². The molecule has 0 aromatic carbocycles. The van der Waals surface area contributed by atoms with Crippen LogP contribution in [0.25, 0.3) is 0 Å². The molecule has 0 radical (unpaired) electrons. The fourth-order valence-electron chi connectivity index (χ4n) is 6.66. The van der Waals surface area contributed by atoms with Gasteiger partial charge in [-0.3, -0.25) is 14.4 Å². The summed E-state index contributed by atoms with van der Waals surface area (Å²) in [5, 5.41) is 9.06. The quantitative estimate of drug-likeness (QED) is 0.813. The van der Waals surface area contributed by atoms with Crippen LogP contribution in [0.3, 0.4) is 0 Å². The maximum absolute atomic E-state index is 13.6. The molecule has 1 unspecified atom stereocenters. The molecule has 5 fully saturated rings. The maximum atomic E-state index is 13.6. The van der Waals surface area contributed by atoms with Crippen molar-refractivity contribution in [2.75, 3.05) is 19.6 Å². The van der Waals surface area contributed by atoms with E-state index < -0.39 is 12.0 Å². The first-order valence-electron chi connectivity index (χ1n) is 10.2. The van der Waals surface area contributed by atoms with Gasteiger partial charge >= 0.3 is 5.97 Å². The van der Waals surface area contributed by atoms with Crippen LogP contribution in [0.2, 0.25) is 0 Å². The monoisotopic (exact) mass is 362 g/mol. The summed E-state index contributed by atoms with van der Waals surface area (Å²) in [5.41, 5.74) is -0.235. The summed E-state index contributed by atoms with van der Waals surface area (Å²) in [7, 11) is 0. The zero-order valence-corrected chi connectivity index (χ0v) is 15.7. The number of carboxylic acids is 1. The smallest absolute Gasteiger partial charge is 0.323 e. The van der Waals surface area contributed by atoms with Gasteiger partial charge in [0.25, 0.3) is 0 Å². The second-order valence-electron chi connectivity index (χ2n) is 9.10. The SMILES string of the molecule is CCN(CC(=O)O)C(=O)C1CCCN1C(=O)C12CC3CC(CC(C3)C1)C2. The Morgan fingerprint density at radius 1 is 1.08 bits per heavy atom. The number of carboxylic acid groups (broad SMARTS) is 1. The van der Waals surface area contributed by atoms with Crippen molar-refractivity contribution in [2.24, 2.45) is 23.2 Å². The van der Waals surface area contributed by atoms with Crippen LogP contribution in [0, 0.1) is 23.2 Å². The lowest BCUT2D eigenvalue weighted by Crippen LogP contribution is -2.57. The average molecular weight is 362 g/mol. The minimum absolute atomic E-state index is 0.189. The summed E-state index contributed by atoms with van der Waals surface area (Å²) in [6, 6.07) is -0.463. The van der Waals surface area contributed by atoms with E-state index in [1.807, 2.05) is 4.90 Å². The van der Waals surface area contributed by atoms with Crippen LogP contribution >= 0.6 is 0 Å². The summed E-state index contributed by atoms with van der Waals surface area (Å²) in [6.45, 7) is 2.51. The molecule has 2 amide bonds. The first-order chi connectivity index (χ1) is 12.4. The molecule has 0 aromatic rings. The van der Waals surface area contributed by atoms with E-state index in [2.05, 4.69) is 0 Å². The molecule has 1 atom stereocenters. The zero-order valence-electron chi connectivity index (χ0n) is 15.7. The third kappa shape index (κ3) is 2.91. The normalized spacial score (nSPS) is 37.8. The number of carbonyl (C=O) groups is 3. The highest BCUT2D eigenvalue weighted by atomic mass is 16.4. The Morgan fingerprint density at radius 3 is 2.15 bits per heavy atom. The van der Waals surface area contributed by atoms with E-state index >= 15 is 0 Å². The van der Waals surface area contributed by atoms with E-state index in [4.69, 9.17) is 5.11 Å². The van der Waals surface area contributed by atoms with Gasteiger partial charge in [-0.2, -0.15) is 0 Å². The highest BCUT2D eigenvalue weighted by Gasteiger charge is 2.57. The van der Waals surface area contributed by atoms with E-state index in [0.29, 0.717) is 37.3 Å². The lowest BCUT2D eigenvalue weighted by molar-refractivity contribution is -0.162. The summed E-state index contributed by atoms with van der Waals surface area (Å²) in [6.07, 6.45) is 8.36. The minimum Gasteiger partial charge on any atom is -0.480 e. The van der Waals surface area contributed by atoms with E-state index in [1.54, 1.807) is 6.92 Å². The Labute approximate surface area is 154 Å². The lowest BCUT2D eigenvalue weighted by atomic mass is 9.49. The molecular weight excluding hydrogens is 332 g/mol. The van der Waals surface area contributed by atoms with Crippen molar-refractivity contribution < 1.29 is 19.5 Å². The molecule has 4 saturated carbocycles. The summed E-state index contributed by atoms with van der Waals surface area (Å²) < 4.78 is 0. The predicted octanol–water partition coefficient (Wildman–Crippen LogP) is 2.13. The molecule has 144 valence electrons. The molecule has 1 saturated heterocycles. The number of hydrogen-bond donors (Lipinski definition) is 1. The number of likely N-dealkylation sites (tertiary alicyclic amines) is 1.